The number of carbonyl (C=O) groups is 2. The molecule has 0 radical (unpaired) electrons. The highest BCUT2D eigenvalue weighted by atomic mass is 16.5. The first-order valence-corrected chi connectivity index (χ1v) is 6.88. The largest absolute Gasteiger partial charge is 0.462 e. The van der Waals surface area contributed by atoms with E-state index in [0.29, 0.717) is 17.8 Å². The van der Waals surface area contributed by atoms with Crippen LogP contribution < -0.4 is 5.73 Å². The molecule has 1 aliphatic carbocycles. The lowest BCUT2D eigenvalue weighted by Crippen LogP contribution is -2.36. The molecule has 0 spiro atoms. The summed E-state index contributed by atoms with van der Waals surface area (Å²) in [6.07, 6.45) is 3.45. The van der Waals surface area contributed by atoms with Crippen LogP contribution in [0.25, 0.3) is 0 Å². The predicted molar refractivity (Wildman–Crippen MR) is 69.7 cm³/mol. The Morgan fingerprint density at radius 3 is 2.50 bits per heavy atom. The molecule has 104 valence electrons. The number of hydrogen-bond acceptors (Lipinski definition) is 3. The molecule has 2 N–H and O–H groups in total. The molecule has 1 saturated carbocycles. The Morgan fingerprint density at radius 2 is 1.94 bits per heavy atom. The Labute approximate surface area is 109 Å². The fourth-order valence-electron chi connectivity index (χ4n) is 2.70. The molecule has 1 aliphatic rings. The molecule has 1 amide bonds. The van der Waals surface area contributed by atoms with Crippen LogP contribution in [0.1, 0.15) is 52.9 Å². The van der Waals surface area contributed by atoms with E-state index >= 15 is 0 Å². The fraction of sp³-hybridized carbons (Fsp3) is 0.857. The maximum absolute atomic E-state index is 11.7. The molecule has 4 heteroatoms. The lowest BCUT2D eigenvalue weighted by molar-refractivity contribution is -0.156. The van der Waals surface area contributed by atoms with Crippen LogP contribution in [0.3, 0.4) is 0 Å². The summed E-state index contributed by atoms with van der Waals surface area (Å²) in [5.41, 5.74) is 5.02. The third-order valence-corrected chi connectivity index (χ3v) is 3.82. The Kier molecular flexibility index (Phi) is 5.63. The summed E-state index contributed by atoms with van der Waals surface area (Å²) in [5.74, 6) is 0.821. The van der Waals surface area contributed by atoms with Crippen molar-refractivity contribution in [1.29, 1.82) is 0 Å². The zero-order chi connectivity index (χ0) is 13.7. The van der Waals surface area contributed by atoms with Crippen molar-refractivity contribution in [2.45, 2.75) is 59.0 Å². The number of esters is 1. The smallest absolute Gasteiger partial charge is 0.306 e. The van der Waals surface area contributed by atoms with Gasteiger partial charge in [-0.25, -0.2) is 0 Å². The quantitative estimate of drug-likeness (QED) is 0.766. The zero-order valence-electron chi connectivity index (χ0n) is 11.6. The van der Waals surface area contributed by atoms with Gasteiger partial charge in [-0.3, -0.25) is 9.59 Å². The van der Waals surface area contributed by atoms with E-state index in [-0.39, 0.29) is 24.9 Å². The van der Waals surface area contributed by atoms with Crippen LogP contribution in [-0.2, 0) is 14.3 Å². The minimum atomic E-state index is -0.454. The van der Waals surface area contributed by atoms with Crippen molar-refractivity contribution in [3.63, 3.8) is 0 Å². The second-order valence-corrected chi connectivity index (χ2v) is 5.82. The first kappa shape index (κ1) is 15.0. The third kappa shape index (κ3) is 4.67. The monoisotopic (exact) mass is 255 g/mol. The van der Waals surface area contributed by atoms with Crippen LogP contribution >= 0.6 is 0 Å². The highest BCUT2D eigenvalue weighted by Gasteiger charge is 2.33. The Hall–Kier alpha value is -1.06. The van der Waals surface area contributed by atoms with Crippen molar-refractivity contribution >= 4 is 11.9 Å². The molecule has 0 bridgehead atoms. The van der Waals surface area contributed by atoms with Gasteiger partial charge in [-0.1, -0.05) is 27.2 Å². The number of amides is 1. The lowest BCUT2D eigenvalue weighted by Gasteiger charge is -2.36. The average Bonchev–Trinajstić information content (AvgIpc) is 2.26. The molecule has 0 saturated heterocycles. The first-order valence-electron chi connectivity index (χ1n) is 6.88. The average molecular weight is 255 g/mol. The van der Waals surface area contributed by atoms with E-state index in [0.717, 1.165) is 12.8 Å². The van der Waals surface area contributed by atoms with Crippen molar-refractivity contribution in [2.24, 2.45) is 23.5 Å². The van der Waals surface area contributed by atoms with Gasteiger partial charge >= 0.3 is 5.97 Å². The molecule has 3 unspecified atom stereocenters. The van der Waals surface area contributed by atoms with Crippen molar-refractivity contribution in [1.82, 2.24) is 0 Å². The maximum Gasteiger partial charge on any atom is 0.306 e. The van der Waals surface area contributed by atoms with Gasteiger partial charge in [0, 0.05) is 6.42 Å². The Balaban J connectivity index is 2.49. The standard InChI is InChI=1S/C14H25NO3/c1-9(2)11-5-4-10(3)8-12(11)18-14(17)7-6-13(15)16/h9-12H,4-8H2,1-3H3,(H2,15,16). The second kappa shape index (κ2) is 6.76. The van der Waals surface area contributed by atoms with Crippen LogP contribution in [0.5, 0.6) is 0 Å². The minimum Gasteiger partial charge on any atom is -0.462 e. The maximum atomic E-state index is 11.7. The van der Waals surface area contributed by atoms with Gasteiger partial charge in [-0.2, -0.15) is 0 Å². The van der Waals surface area contributed by atoms with Crippen LogP contribution in [0, 0.1) is 17.8 Å². The van der Waals surface area contributed by atoms with Gasteiger partial charge in [0.05, 0.1) is 6.42 Å². The van der Waals surface area contributed by atoms with E-state index < -0.39 is 5.91 Å². The van der Waals surface area contributed by atoms with Crippen molar-refractivity contribution < 1.29 is 14.3 Å². The Morgan fingerprint density at radius 1 is 1.28 bits per heavy atom. The normalized spacial score (nSPS) is 28.1. The first-order chi connectivity index (χ1) is 8.40. The van der Waals surface area contributed by atoms with Gasteiger partial charge in [-0.15, -0.1) is 0 Å². The molecule has 0 heterocycles. The summed E-state index contributed by atoms with van der Waals surface area (Å²) >= 11 is 0. The van der Waals surface area contributed by atoms with Gasteiger partial charge < -0.3 is 10.5 Å². The lowest BCUT2D eigenvalue weighted by atomic mass is 9.75. The topological polar surface area (TPSA) is 69.4 Å². The molecular weight excluding hydrogens is 230 g/mol. The van der Waals surface area contributed by atoms with E-state index in [1.54, 1.807) is 0 Å². The molecule has 4 nitrogen and oxygen atoms in total. The van der Waals surface area contributed by atoms with E-state index in [4.69, 9.17) is 10.5 Å². The minimum absolute atomic E-state index is 0.00845. The van der Waals surface area contributed by atoms with E-state index in [1.807, 2.05) is 0 Å². The highest BCUT2D eigenvalue weighted by molar-refractivity contribution is 5.80. The van der Waals surface area contributed by atoms with Crippen molar-refractivity contribution in [3.8, 4) is 0 Å². The summed E-state index contributed by atoms with van der Waals surface area (Å²) in [6.45, 7) is 6.54. The fourth-order valence-corrected chi connectivity index (χ4v) is 2.70. The van der Waals surface area contributed by atoms with Gasteiger partial charge in [0.15, 0.2) is 0 Å². The molecule has 1 fully saturated rings. The summed E-state index contributed by atoms with van der Waals surface area (Å²) in [5, 5.41) is 0. The predicted octanol–water partition coefficient (Wildman–Crippen LogP) is 2.26. The van der Waals surface area contributed by atoms with Gasteiger partial charge in [0.2, 0.25) is 5.91 Å². The number of hydrogen-bond donors (Lipinski definition) is 1. The summed E-state index contributed by atoms with van der Waals surface area (Å²) < 4.78 is 5.54. The van der Waals surface area contributed by atoms with E-state index in [1.165, 1.54) is 6.42 Å². The van der Waals surface area contributed by atoms with Crippen molar-refractivity contribution in [2.75, 3.05) is 0 Å². The number of primary amides is 1. The SMILES string of the molecule is CC1CCC(C(C)C)C(OC(=O)CCC(N)=O)C1. The Bertz CT molecular complexity index is 301. The molecule has 1 rings (SSSR count). The third-order valence-electron chi connectivity index (χ3n) is 3.82. The molecular formula is C14H25NO3. The highest BCUT2D eigenvalue weighted by Crippen LogP contribution is 2.35. The number of nitrogens with two attached hydrogens (primary N) is 1. The van der Waals surface area contributed by atoms with Crippen LogP contribution in [-0.4, -0.2) is 18.0 Å². The second-order valence-electron chi connectivity index (χ2n) is 5.82. The van der Waals surface area contributed by atoms with Gasteiger partial charge in [0.25, 0.3) is 0 Å². The van der Waals surface area contributed by atoms with E-state index in [2.05, 4.69) is 20.8 Å². The number of carbonyl (C=O) groups excluding carboxylic acids is 2. The van der Waals surface area contributed by atoms with Crippen LogP contribution in [0.2, 0.25) is 0 Å². The van der Waals surface area contributed by atoms with Crippen LogP contribution in [0.15, 0.2) is 0 Å². The number of ether oxygens (including phenoxy) is 1. The summed E-state index contributed by atoms with van der Waals surface area (Å²) in [7, 11) is 0. The summed E-state index contributed by atoms with van der Waals surface area (Å²) in [6, 6.07) is 0. The van der Waals surface area contributed by atoms with Crippen LogP contribution in [0.4, 0.5) is 0 Å². The van der Waals surface area contributed by atoms with E-state index in [9.17, 15) is 9.59 Å². The zero-order valence-corrected chi connectivity index (χ0v) is 11.6. The molecule has 0 aromatic heterocycles. The van der Waals surface area contributed by atoms with Gasteiger partial charge in [0.1, 0.15) is 6.10 Å². The molecule has 3 atom stereocenters. The molecule has 18 heavy (non-hydrogen) atoms. The molecule has 0 aromatic carbocycles. The molecule has 0 aromatic rings. The van der Waals surface area contributed by atoms with Crippen molar-refractivity contribution in [3.05, 3.63) is 0 Å². The molecule has 0 aliphatic heterocycles. The number of rotatable bonds is 5. The summed E-state index contributed by atoms with van der Waals surface area (Å²) in [4.78, 5) is 22.3. The van der Waals surface area contributed by atoms with Gasteiger partial charge in [-0.05, 0) is 30.6 Å².